The van der Waals surface area contributed by atoms with Gasteiger partial charge < -0.3 is 30.1 Å². The van der Waals surface area contributed by atoms with Crippen molar-refractivity contribution in [1.82, 2.24) is 15.5 Å². The van der Waals surface area contributed by atoms with Crippen molar-refractivity contribution < 1.29 is 33.8 Å². The fraction of sp³-hybridized carbons (Fsp3) is 0.529. The van der Waals surface area contributed by atoms with Crippen LogP contribution in [-0.4, -0.2) is 69.8 Å². The summed E-state index contributed by atoms with van der Waals surface area (Å²) in [6, 6.07) is 12.3. The van der Waals surface area contributed by atoms with Crippen molar-refractivity contribution in [2.45, 2.75) is 102 Å². The first kappa shape index (κ1) is 31.5. The third-order valence-corrected chi connectivity index (χ3v) is 8.61. The van der Waals surface area contributed by atoms with Gasteiger partial charge in [-0.2, -0.15) is 0 Å². The minimum atomic E-state index is -1.39. The van der Waals surface area contributed by atoms with Crippen molar-refractivity contribution >= 4 is 34.6 Å². The predicted molar refractivity (Wildman–Crippen MR) is 165 cm³/mol. The van der Waals surface area contributed by atoms with Gasteiger partial charge in [0.25, 0.3) is 0 Å². The lowest BCUT2D eigenvalue weighted by Gasteiger charge is -2.30. The molecule has 10 nitrogen and oxygen atoms in total. The van der Waals surface area contributed by atoms with E-state index in [-0.39, 0.29) is 25.5 Å². The zero-order valence-corrected chi connectivity index (χ0v) is 25.7. The lowest BCUT2D eigenvalue weighted by atomic mass is 10.0. The molecule has 3 N–H and O–H groups in total. The first-order valence-electron chi connectivity index (χ1n) is 15.6. The molecule has 10 heteroatoms. The molecule has 0 aromatic heterocycles. The highest BCUT2D eigenvalue weighted by Crippen LogP contribution is 2.45. The monoisotopic (exact) mass is 605 g/mol. The number of carboxylic acids is 1. The van der Waals surface area contributed by atoms with E-state index in [4.69, 9.17) is 9.47 Å². The van der Waals surface area contributed by atoms with E-state index < -0.39 is 53.2 Å². The molecule has 0 bridgehead atoms. The molecular formula is C34H43N3O7. The Kier molecular flexibility index (Phi) is 9.29. The normalized spacial score (nSPS) is 28.6. The van der Waals surface area contributed by atoms with Crippen LogP contribution < -0.4 is 10.6 Å². The summed E-state index contributed by atoms with van der Waals surface area (Å²) in [7, 11) is 0. The number of alkyl carbamates (subject to hydrolysis) is 1. The Morgan fingerprint density at radius 2 is 1.86 bits per heavy atom. The van der Waals surface area contributed by atoms with Crippen LogP contribution in [0.1, 0.15) is 71.3 Å². The highest BCUT2D eigenvalue weighted by Gasteiger charge is 2.61. The SMILES string of the molecule is CC(C)(C)OC(=O)N[C@H]1CCCCC/C=C\[C@@H]2C[C@@]2(C(=O)O)NC(=O)[C@@H]2C[C@@H](OCc3ccc4ccccc4c3)CN2C1=O. The van der Waals surface area contributed by atoms with Gasteiger partial charge >= 0.3 is 12.1 Å². The molecule has 0 unspecified atom stereocenters. The maximum absolute atomic E-state index is 14.1. The second-order valence-electron chi connectivity index (χ2n) is 13.2. The van der Waals surface area contributed by atoms with Crippen LogP contribution >= 0.6 is 0 Å². The number of rotatable bonds is 5. The molecule has 3 amide bonds. The molecule has 236 valence electrons. The summed E-state index contributed by atoms with van der Waals surface area (Å²) >= 11 is 0. The standard InChI is InChI=1S/C34H43N3O7/c1-33(2,3)44-32(42)35-27-14-8-6-4-5-7-13-25-19-34(25,31(40)41)36-29(38)28-18-26(20-37(28)30(27)39)43-21-22-15-16-23-11-9-10-12-24(23)17-22/h7,9-13,15-17,25-28H,4-6,8,14,18-21H2,1-3H3,(H,35,42)(H,36,38)(H,40,41)/b13-7-/t25-,26-,27+,28+,34-/m1/s1. The van der Waals surface area contributed by atoms with Crippen LogP contribution in [-0.2, 0) is 30.5 Å². The average molecular weight is 606 g/mol. The topological polar surface area (TPSA) is 134 Å². The largest absolute Gasteiger partial charge is 0.479 e. The van der Waals surface area contributed by atoms with E-state index >= 15 is 0 Å². The van der Waals surface area contributed by atoms with Crippen LogP contribution in [0.25, 0.3) is 10.8 Å². The average Bonchev–Trinajstić information content (AvgIpc) is 3.49. The Balaban J connectivity index is 1.37. The fourth-order valence-electron chi connectivity index (χ4n) is 6.17. The van der Waals surface area contributed by atoms with Gasteiger partial charge in [-0.25, -0.2) is 9.59 Å². The number of aliphatic carboxylic acids is 1. The number of nitrogens with one attached hydrogen (secondary N) is 2. The molecule has 44 heavy (non-hydrogen) atoms. The number of hydrogen-bond donors (Lipinski definition) is 3. The molecule has 2 aromatic carbocycles. The first-order chi connectivity index (χ1) is 20.9. The number of benzene rings is 2. The summed E-state index contributed by atoms with van der Waals surface area (Å²) in [4.78, 5) is 54.3. The van der Waals surface area contributed by atoms with Crippen molar-refractivity contribution in [3.05, 3.63) is 60.2 Å². The molecular weight excluding hydrogens is 562 g/mol. The van der Waals surface area contributed by atoms with Crippen LogP contribution in [0.15, 0.2) is 54.6 Å². The molecule has 1 aliphatic carbocycles. The molecule has 2 fully saturated rings. The molecule has 0 spiro atoms. The van der Waals surface area contributed by atoms with Gasteiger partial charge in [-0.1, -0.05) is 61.4 Å². The lowest BCUT2D eigenvalue weighted by molar-refractivity contribution is -0.145. The molecule has 1 saturated heterocycles. The predicted octanol–water partition coefficient (Wildman–Crippen LogP) is 4.70. The van der Waals surface area contributed by atoms with E-state index in [0.29, 0.717) is 19.3 Å². The van der Waals surface area contributed by atoms with Gasteiger partial charge in [0.1, 0.15) is 23.2 Å². The summed E-state index contributed by atoms with van der Waals surface area (Å²) < 4.78 is 11.7. The van der Waals surface area contributed by atoms with Gasteiger partial charge in [0, 0.05) is 18.9 Å². The van der Waals surface area contributed by atoms with Crippen molar-refractivity contribution in [3.8, 4) is 0 Å². The number of nitrogens with zero attached hydrogens (tertiary/aromatic N) is 1. The van der Waals surface area contributed by atoms with E-state index in [1.807, 2.05) is 48.6 Å². The molecule has 2 aromatic rings. The van der Waals surface area contributed by atoms with Crippen LogP contribution in [0.5, 0.6) is 0 Å². The molecule has 5 atom stereocenters. The summed E-state index contributed by atoms with van der Waals surface area (Å²) in [6.07, 6.45) is 6.74. The van der Waals surface area contributed by atoms with Gasteiger partial charge in [0.2, 0.25) is 11.8 Å². The second-order valence-corrected chi connectivity index (χ2v) is 13.2. The third-order valence-electron chi connectivity index (χ3n) is 8.61. The molecule has 0 radical (unpaired) electrons. The smallest absolute Gasteiger partial charge is 0.408 e. The zero-order chi connectivity index (χ0) is 31.5. The van der Waals surface area contributed by atoms with Gasteiger partial charge in [-0.05, 0) is 68.9 Å². The van der Waals surface area contributed by atoms with Crippen LogP contribution in [0.4, 0.5) is 4.79 Å². The third kappa shape index (κ3) is 7.41. The first-order valence-corrected chi connectivity index (χ1v) is 15.6. The Bertz CT molecular complexity index is 1430. The maximum atomic E-state index is 14.1. The summed E-state index contributed by atoms with van der Waals surface area (Å²) in [5, 5.41) is 17.8. The molecule has 5 rings (SSSR count). The van der Waals surface area contributed by atoms with Crippen LogP contribution in [0.3, 0.4) is 0 Å². The Labute approximate surface area is 258 Å². The van der Waals surface area contributed by atoms with Crippen molar-refractivity contribution in [1.29, 1.82) is 0 Å². The number of hydrogen-bond acceptors (Lipinski definition) is 6. The van der Waals surface area contributed by atoms with Crippen LogP contribution in [0.2, 0.25) is 0 Å². The minimum Gasteiger partial charge on any atom is -0.479 e. The number of amides is 3. The van der Waals surface area contributed by atoms with E-state index in [0.717, 1.165) is 35.6 Å². The Hall–Kier alpha value is -3.92. The summed E-state index contributed by atoms with van der Waals surface area (Å²) in [5.41, 5.74) is -1.17. The van der Waals surface area contributed by atoms with E-state index in [1.165, 1.54) is 4.90 Å². The van der Waals surface area contributed by atoms with E-state index in [9.17, 15) is 24.3 Å². The molecule has 2 aliphatic heterocycles. The molecule has 1 saturated carbocycles. The van der Waals surface area contributed by atoms with Crippen molar-refractivity contribution in [2.75, 3.05) is 6.54 Å². The second kappa shape index (κ2) is 13.0. The van der Waals surface area contributed by atoms with Gasteiger partial charge in [-0.3, -0.25) is 9.59 Å². The highest BCUT2D eigenvalue weighted by molar-refractivity contribution is 5.96. The number of carboxylic acid groups (broad SMARTS) is 1. The Morgan fingerprint density at radius 1 is 1.09 bits per heavy atom. The molecule has 3 aliphatic rings. The van der Waals surface area contributed by atoms with Crippen molar-refractivity contribution in [2.24, 2.45) is 5.92 Å². The van der Waals surface area contributed by atoms with E-state index in [1.54, 1.807) is 20.8 Å². The summed E-state index contributed by atoms with van der Waals surface area (Å²) in [5.74, 6) is -2.33. The number of carbonyl (C=O) groups excluding carboxylic acids is 3. The van der Waals surface area contributed by atoms with Crippen molar-refractivity contribution in [3.63, 3.8) is 0 Å². The minimum absolute atomic E-state index is 0.139. The number of carbonyl (C=O) groups is 4. The zero-order valence-electron chi connectivity index (χ0n) is 25.7. The quantitative estimate of drug-likeness (QED) is 0.421. The fourth-order valence-corrected chi connectivity index (χ4v) is 6.17. The van der Waals surface area contributed by atoms with Gasteiger partial charge in [0.05, 0.1) is 12.7 Å². The lowest BCUT2D eigenvalue weighted by Crippen LogP contribution is -2.56. The van der Waals surface area contributed by atoms with Crippen LogP contribution in [0, 0.1) is 5.92 Å². The number of allylic oxidation sites excluding steroid dienone is 1. The van der Waals surface area contributed by atoms with Gasteiger partial charge in [0.15, 0.2) is 0 Å². The number of fused-ring (bicyclic) bond motifs is 3. The summed E-state index contributed by atoms with van der Waals surface area (Å²) in [6.45, 7) is 5.68. The molecule has 2 heterocycles. The maximum Gasteiger partial charge on any atom is 0.408 e. The Morgan fingerprint density at radius 3 is 2.61 bits per heavy atom. The number of ether oxygens (including phenoxy) is 2. The van der Waals surface area contributed by atoms with E-state index in [2.05, 4.69) is 16.7 Å². The van der Waals surface area contributed by atoms with Gasteiger partial charge in [-0.15, -0.1) is 0 Å². The highest BCUT2D eigenvalue weighted by atomic mass is 16.6.